The average Bonchev–Trinajstić information content (AvgIpc) is 2.80. The number of hydrogen-bond donors (Lipinski definition) is 2. The highest BCUT2D eigenvalue weighted by atomic mass is 16.5. The lowest BCUT2D eigenvalue weighted by molar-refractivity contribution is 0.0247. The van der Waals surface area contributed by atoms with E-state index in [-0.39, 0.29) is 11.8 Å². The summed E-state index contributed by atoms with van der Waals surface area (Å²) in [6.45, 7) is 3.36. The number of nitrogens with zero attached hydrogens (tertiary/aromatic N) is 3. The summed E-state index contributed by atoms with van der Waals surface area (Å²) < 4.78 is 7.10. The van der Waals surface area contributed by atoms with Gasteiger partial charge in [-0.1, -0.05) is 0 Å². The number of anilines is 1. The smallest absolute Gasteiger partial charge is 0.349 e. The summed E-state index contributed by atoms with van der Waals surface area (Å²) in [5, 5.41) is 9.61. The van der Waals surface area contributed by atoms with Gasteiger partial charge in [-0.3, -0.25) is 0 Å². The van der Waals surface area contributed by atoms with Crippen molar-refractivity contribution in [3.8, 4) is 0 Å². The molecular formula is C12H17N5O2. The van der Waals surface area contributed by atoms with Crippen LogP contribution in [0.25, 0.3) is 5.65 Å². The van der Waals surface area contributed by atoms with Gasteiger partial charge in [0.2, 0.25) is 0 Å². The van der Waals surface area contributed by atoms with Crippen molar-refractivity contribution < 1.29 is 4.74 Å². The largest absolute Gasteiger partial charge is 0.376 e. The van der Waals surface area contributed by atoms with Crippen molar-refractivity contribution in [3.63, 3.8) is 0 Å². The number of ether oxygens (including phenoxy) is 1. The molecule has 3 heterocycles. The zero-order valence-electron chi connectivity index (χ0n) is 10.8. The van der Waals surface area contributed by atoms with Crippen LogP contribution in [0.15, 0.2) is 10.9 Å². The second-order valence-electron chi connectivity index (χ2n) is 4.78. The van der Waals surface area contributed by atoms with Crippen molar-refractivity contribution in [1.29, 1.82) is 0 Å². The first-order chi connectivity index (χ1) is 9.24. The first-order valence-electron chi connectivity index (χ1n) is 6.54. The van der Waals surface area contributed by atoms with E-state index in [2.05, 4.69) is 20.5 Å². The predicted molar refractivity (Wildman–Crippen MR) is 70.4 cm³/mol. The summed E-state index contributed by atoms with van der Waals surface area (Å²) in [4.78, 5) is 15.8. The molecule has 1 aliphatic rings. The molecule has 7 heteroatoms. The third-order valence-corrected chi connectivity index (χ3v) is 3.35. The van der Waals surface area contributed by atoms with Gasteiger partial charge in [0, 0.05) is 19.2 Å². The Morgan fingerprint density at radius 2 is 2.47 bits per heavy atom. The van der Waals surface area contributed by atoms with Gasteiger partial charge in [-0.25, -0.2) is 19.3 Å². The molecule has 0 aliphatic carbocycles. The maximum absolute atomic E-state index is 11.5. The van der Waals surface area contributed by atoms with Gasteiger partial charge in [0.05, 0.1) is 6.10 Å². The highest BCUT2D eigenvalue weighted by Crippen LogP contribution is 2.14. The second-order valence-corrected chi connectivity index (χ2v) is 4.78. The average molecular weight is 263 g/mol. The van der Waals surface area contributed by atoms with E-state index < -0.39 is 0 Å². The maximum atomic E-state index is 11.5. The van der Waals surface area contributed by atoms with Crippen LogP contribution in [0.2, 0.25) is 0 Å². The van der Waals surface area contributed by atoms with Crippen LogP contribution in [0.4, 0.5) is 5.82 Å². The molecule has 0 radical (unpaired) electrons. The molecule has 1 aliphatic heterocycles. The van der Waals surface area contributed by atoms with Crippen LogP contribution in [0.1, 0.15) is 25.1 Å². The fourth-order valence-corrected chi connectivity index (χ4v) is 2.37. The van der Waals surface area contributed by atoms with E-state index >= 15 is 0 Å². The monoisotopic (exact) mass is 263 g/mol. The normalized spacial score (nSPS) is 19.7. The molecule has 102 valence electrons. The Kier molecular flexibility index (Phi) is 3.20. The third kappa shape index (κ3) is 2.46. The standard InChI is InChI=1S/C12H17N5O2/c1-8-14-10(6-11-15-16-12(18)17(8)11)13-7-9-4-2-3-5-19-9/h6,9,13H,2-5,7H2,1H3,(H,16,18). The van der Waals surface area contributed by atoms with Crippen LogP contribution in [0.3, 0.4) is 0 Å². The van der Waals surface area contributed by atoms with Gasteiger partial charge in [-0.2, -0.15) is 5.10 Å². The van der Waals surface area contributed by atoms with Gasteiger partial charge in [0.1, 0.15) is 11.6 Å². The fourth-order valence-electron chi connectivity index (χ4n) is 2.37. The minimum Gasteiger partial charge on any atom is -0.376 e. The number of fused-ring (bicyclic) bond motifs is 1. The van der Waals surface area contributed by atoms with Crippen LogP contribution in [-0.4, -0.2) is 38.8 Å². The zero-order valence-corrected chi connectivity index (χ0v) is 10.8. The van der Waals surface area contributed by atoms with E-state index in [0.717, 1.165) is 31.8 Å². The molecule has 2 aromatic rings. The van der Waals surface area contributed by atoms with Crippen LogP contribution in [0, 0.1) is 6.92 Å². The van der Waals surface area contributed by atoms with Gasteiger partial charge in [0.15, 0.2) is 5.65 Å². The Balaban J connectivity index is 1.75. The summed E-state index contributed by atoms with van der Waals surface area (Å²) in [6, 6.07) is 1.76. The number of aromatic nitrogens is 4. The van der Waals surface area contributed by atoms with Crippen LogP contribution in [0.5, 0.6) is 0 Å². The molecule has 1 fully saturated rings. The third-order valence-electron chi connectivity index (χ3n) is 3.35. The Bertz CT molecular complexity index is 627. The Hall–Kier alpha value is -1.89. The summed E-state index contributed by atoms with van der Waals surface area (Å²) in [7, 11) is 0. The van der Waals surface area contributed by atoms with E-state index in [1.807, 2.05) is 0 Å². The van der Waals surface area contributed by atoms with Gasteiger partial charge < -0.3 is 10.1 Å². The molecule has 2 N–H and O–H groups in total. The first-order valence-corrected chi connectivity index (χ1v) is 6.54. The number of rotatable bonds is 3. The molecule has 3 rings (SSSR count). The van der Waals surface area contributed by atoms with E-state index in [9.17, 15) is 4.79 Å². The quantitative estimate of drug-likeness (QED) is 0.852. The summed E-state index contributed by atoms with van der Waals surface area (Å²) in [5.74, 6) is 1.33. The van der Waals surface area contributed by atoms with Gasteiger partial charge in [-0.05, 0) is 26.2 Å². The summed E-state index contributed by atoms with van der Waals surface area (Å²) >= 11 is 0. The number of nitrogens with one attached hydrogen (secondary N) is 2. The lowest BCUT2D eigenvalue weighted by Crippen LogP contribution is -2.27. The van der Waals surface area contributed by atoms with Crippen LogP contribution >= 0.6 is 0 Å². The zero-order chi connectivity index (χ0) is 13.2. The molecule has 0 spiro atoms. The fraction of sp³-hybridized carbons (Fsp3) is 0.583. The predicted octanol–water partition coefficient (Wildman–Crippen LogP) is 0.707. The molecule has 7 nitrogen and oxygen atoms in total. The molecule has 0 aromatic carbocycles. The molecule has 0 amide bonds. The molecule has 0 bridgehead atoms. The Labute approximate surface area is 110 Å². The summed E-state index contributed by atoms with van der Waals surface area (Å²) in [6.07, 6.45) is 3.69. The SMILES string of the molecule is Cc1nc(NCC2CCCCO2)cc2n[nH]c(=O)n12. The van der Waals surface area contributed by atoms with Crippen molar-refractivity contribution in [2.45, 2.75) is 32.3 Å². The van der Waals surface area contributed by atoms with Crippen molar-refractivity contribution in [1.82, 2.24) is 19.6 Å². The second kappa shape index (κ2) is 5.00. The minimum atomic E-state index is -0.262. The van der Waals surface area contributed by atoms with Gasteiger partial charge >= 0.3 is 5.69 Å². The maximum Gasteiger partial charge on any atom is 0.349 e. The Morgan fingerprint density at radius 1 is 1.58 bits per heavy atom. The highest BCUT2D eigenvalue weighted by Gasteiger charge is 2.14. The van der Waals surface area contributed by atoms with Gasteiger partial charge in [-0.15, -0.1) is 0 Å². The van der Waals surface area contributed by atoms with E-state index in [1.54, 1.807) is 13.0 Å². The van der Waals surface area contributed by atoms with Crippen molar-refractivity contribution in [2.75, 3.05) is 18.5 Å². The lowest BCUT2D eigenvalue weighted by atomic mass is 10.1. The van der Waals surface area contributed by atoms with E-state index in [4.69, 9.17) is 4.74 Å². The molecule has 1 atom stereocenters. The Morgan fingerprint density at radius 3 is 3.26 bits per heavy atom. The topological polar surface area (TPSA) is 84.3 Å². The molecule has 19 heavy (non-hydrogen) atoms. The molecular weight excluding hydrogens is 246 g/mol. The van der Waals surface area contributed by atoms with Crippen molar-refractivity contribution >= 4 is 11.5 Å². The van der Waals surface area contributed by atoms with Crippen LogP contribution in [-0.2, 0) is 4.74 Å². The van der Waals surface area contributed by atoms with E-state index in [1.165, 1.54) is 10.8 Å². The van der Waals surface area contributed by atoms with E-state index in [0.29, 0.717) is 11.5 Å². The number of H-pyrrole nitrogens is 1. The minimum absolute atomic E-state index is 0.244. The first kappa shape index (κ1) is 12.2. The summed E-state index contributed by atoms with van der Waals surface area (Å²) in [5.41, 5.74) is 0.312. The molecule has 1 saturated heterocycles. The molecule has 1 unspecified atom stereocenters. The van der Waals surface area contributed by atoms with Crippen molar-refractivity contribution in [2.24, 2.45) is 0 Å². The van der Waals surface area contributed by atoms with Crippen LogP contribution < -0.4 is 11.0 Å². The molecule has 2 aromatic heterocycles. The molecule has 0 saturated carbocycles. The van der Waals surface area contributed by atoms with Crippen molar-refractivity contribution in [3.05, 3.63) is 22.4 Å². The number of aromatic amines is 1. The number of hydrogen-bond acceptors (Lipinski definition) is 5. The van der Waals surface area contributed by atoms with Gasteiger partial charge in [0.25, 0.3) is 0 Å². The highest BCUT2D eigenvalue weighted by molar-refractivity contribution is 5.49. The number of aryl methyl sites for hydroxylation is 1. The lowest BCUT2D eigenvalue weighted by Gasteiger charge is -2.23.